The summed E-state index contributed by atoms with van der Waals surface area (Å²) in [5.41, 5.74) is 9.93. The Morgan fingerprint density at radius 2 is 1.29 bits per heavy atom. The van der Waals surface area contributed by atoms with Crippen molar-refractivity contribution >= 4 is 13.3 Å². The van der Waals surface area contributed by atoms with Crippen LogP contribution in [0, 0.1) is 0 Å². The number of fused-ring (bicyclic) bond motifs is 10. The number of aromatic nitrogens is 2. The highest BCUT2D eigenvalue weighted by molar-refractivity contribution is 6.88. The predicted octanol–water partition coefficient (Wildman–Crippen LogP) is 5.73. The van der Waals surface area contributed by atoms with Gasteiger partial charge < -0.3 is 0 Å². The number of nitrogens with zero attached hydrogens (tertiary/aromatic N) is 2. The topological polar surface area (TPSA) is 7.76 Å². The standard InChI is InChI=1S/C32H28N2Si/c1-35(2,3)25-17-19-31-27-21-24(23-11-5-4-6-12-23)16-18-29(27)32(34(31)22-25)28-14-8-7-13-26(28)30-15-9-10-20-33(30)32/h4-22H,1-3H3/q+2. The van der Waals surface area contributed by atoms with Crippen LogP contribution in [0.1, 0.15) is 11.1 Å². The van der Waals surface area contributed by atoms with Crippen LogP contribution in [0.5, 0.6) is 0 Å². The summed E-state index contributed by atoms with van der Waals surface area (Å²) in [6, 6.07) is 38.0. The first-order chi connectivity index (χ1) is 17.0. The van der Waals surface area contributed by atoms with Gasteiger partial charge in [-0.1, -0.05) is 74.2 Å². The number of hydrogen-bond acceptors (Lipinski definition) is 0. The van der Waals surface area contributed by atoms with Crippen molar-refractivity contribution in [3.8, 4) is 33.6 Å². The molecule has 1 atom stereocenters. The summed E-state index contributed by atoms with van der Waals surface area (Å²) < 4.78 is 5.05. The highest BCUT2D eigenvalue weighted by atomic mass is 28.3. The lowest BCUT2D eigenvalue weighted by molar-refractivity contribution is -0.954. The van der Waals surface area contributed by atoms with Crippen LogP contribution in [0.15, 0.2) is 116 Å². The van der Waals surface area contributed by atoms with Gasteiger partial charge in [-0.05, 0) is 41.5 Å². The summed E-state index contributed by atoms with van der Waals surface area (Å²) in [7, 11) is -1.52. The Hall–Kier alpha value is -3.82. The molecule has 0 saturated heterocycles. The molecule has 0 amide bonds. The number of benzene rings is 3. The van der Waals surface area contributed by atoms with E-state index in [4.69, 9.17) is 0 Å². The minimum atomic E-state index is -1.52. The van der Waals surface area contributed by atoms with Crippen LogP contribution >= 0.6 is 0 Å². The fraction of sp³-hybridized carbons (Fsp3) is 0.125. The molecule has 2 aromatic heterocycles. The molecule has 0 bridgehead atoms. The zero-order valence-corrected chi connectivity index (χ0v) is 21.4. The molecule has 1 spiro atoms. The molecule has 4 heterocycles. The third-order valence-corrected chi connectivity index (χ3v) is 9.76. The maximum atomic E-state index is 2.56. The monoisotopic (exact) mass is 468 g/mol. The second kappa shape index (κ2) is 7.09. The average Bonchev–Trinajstić information content (AvgIpc) is 3.35. The van der Waals surface area contributed by atoms with Gasteiger partial charge in [-0.3, -0.25) is 0 Å². The molecule has 0 N–H and O–H groups in total. The van der Waals surface area contributed by atoms with E-state index in [1.54, 1.807) is 0 Å². The fourth-order valence-electron chi connectivity index (χ4n) is 6.04. The van der Waals surface area contributed by atoms with E-state index in [-0.39, 0.29) is 0 Å². The minimum Gasteiger partial charge on any atom is -0.126 e. The quantitative estimate of drug-likeness (QED) is 0.226. The first-order valence-corrected chi connectivity index (χ1v) is 15.9. The molecule has 0 saturated carbocycles. The van der Waals surface area contributed by atoms with Gasteiger partial charge in [0.05, 0.1) is 19.2 Å². The van der Waals surface area contributed by atoms with Crippen LogP contribution in [-0.2, 0) is 5.66 Å². The van der Waals surface area contributed by atoms with Gasteiger partial charge >= 0.3 is 5.66 Å². The van der Waals surface area contributed by atoms with Crippen LogP contribution in [0.25, 0.3) is 33.6 Å². The normalized spacial score (nSPS) is 17.1. The highest BCUT2D eigenvalue weighted by Gasteiger charge is 2.66. The third kappa shape index (κ3) is 2.70. The van der Waals surface area contributed by atoms with E-state index in [1.165, 1.54) is 50.0 Å². The summed E-state index contributed by atoms with van der Waals surface area (Å²) in [5.74, 6) is 0. The summed E-state index contributed by atoms with van der Waals surface area (Å²) in [4.78, 5) is 0. The number of hydrogen-bond donors (Lipinski definition) is 0. The summed E-state index contributed by atoms with van der Waals surface area (Å²) in [6.07, 6.45) is 4.71. The van der Waals surface area contributed by atoms with Gasteiger partial charge in [0.2, 0.25) is 11.4 Å². The number of rotatable bonds is 2. The lowest BCUT2D eigenvalue weighted by Crippen LogP contribution is -2.72. The Labute approximate surface area is 207 Å². The maximum absolute atomic E-state index is 2.56. The first kappa shape index (κ1) is 20.5. The zero-order valence-electron chi connectivity index (χ0n) is 20.4. The second-order valence-electron chi connectivity index (χ2n) is 10.7. The molecular formula is C32H28N2Si+2. The van der Waals surface area contributed by atoms with Gasteiger partial charge in [0.1, 0.15) is 11.1 Å². The van der Waals surface area contributed by atoms with E-state index >= 15 is 0 Å². The Kier molecular flexibility index (Phi) is 4.16. The van der Waals surface area contributed by atoms with Crippen molar-refractivity contribution in [1.82, 2.24) is 0 Å². The van der Waals surface area contributed by atoms with E-state index in [0.717, 1.165) is 0 Å². The van der Waals surface area contributed by atoms with E-state index < -0.39 is 13.7 Å². The molecule has 7 rings (SSSR count). The molecule has 35 heavy (non-hydrogen) atoms. The SMILES string of the molecule is C[Si](C)(C)c1ccc2[n+](c1)C1(c3ccccc3-c3cccc[n+]31)c1ccc(-c3ccccc3)cc1-2. The Bertz CT molecular complexity index is 1580. The summed E-state index contributed by atoms with van der Waals surface area (Å²) in [5, 5.41) is 1.47. The van der Waals surface area contributed by atoms with Gasteiger partial charge in [0.25, 0.3) is 0 Å². The zero-order chi connectivity index (χ0) is 23.8. The fourth-order valence-corrected chi connectivity index (χ4v) is 7.14. The summed E-state index contributed by atoms with van der Waals surface area (Å²) >= 11 is 0. The van der Waals surface area contributed by atoms with Crippen molar-refractivity contribution in [2.45, 2.75) is 25.3 Å². The van der Waals surface area contributed by atoms with Gasteiger partial charge in [0, 0.05) is 23.4 Å². The number of pyridine rings is 2. The lowest BCUT2D eigenvalue weighted by Gasteiger charge is -2.20. The molecule has 3 aromatic carbocycles. The molecule has 2 aliphatic heterocycles. The second-order valence-corrected chi connectivity index (χ2v) is 15.8. The van der Waals surface area contributed by atoms with E-state index in [1.807, 2.05) is 0 Å². The predicted molar refractivity (Wildman–Crippen MR) is 144 cm³/mol. The minimum absolute atomic E-state index is 0.428. The van der Waals surface area contributed by atoms with E-state index in [0.29, 0.717) is 0 Å². The Morgan fingerprint density at radius 1 is 0.571 bits per heavy atom. The van der Waals surface area contributed by atoms with Crippen LogP contribution in [0.4, 0.5) is 0 Å². The van der Waals surface area contributed by atoms with Crippen LogP contribution in [0.3, 0.4) is 0 Å². The molecule has 168 valence electrons. The Balaban J connectivity index is 1.62. The molecule has 0 aliphatic carbocycles. The molecule has 0 fully saturated rings. The molecule has 5 aromatic rings. The van der Waals surface area contributed by atoms with Gasteiger partial charge in [-0.2, -0.15) is 0 Å². The molecule has 3 heteroatoms. The van der Waals surface area contributed by atoms with E-state index in [9.17, 15) is 0 Å². The lowest BCUT2D eigenvalue weighted by atomic mass is 9.88. The van der Waals surface area contributed by atoms with Crippen molar-refractivity contribution in [3.05, 3.63) is 127 Å². The van der Waals surface area contributed by atoms with Gasteiger partial charge in [-0.25, -0.2) is 0 Å². The molecule has 0 radical (unpaired) electrons. The molecule has 1 unspecified atom stereocenters. The highest BCUT2D eigenvalue weighted by Crippen LogP contribution is 2.47. The van der Waals surface area contributed by atoms with Gasteiger partial charge in [-0.15, -0.1) is 9.13 Å². The smallest absolute Gasteiger partial charge is 0.126 e. The third-order valence-electron chi connectivity index (χ3n) is 7.73. The molecule has 2 nitrogen and oxygen atoms in total. The first-order valence-electron chi connectivity index (χ1n) is 12.4. The average molecular weight is 469 g/mol. The van der Waals surface area contributed by atoms with Crippen LogP contribution in [-0.4, -0.2) is 8.07 Å². The van der Waals surface area contributed by atoms with Crippen molar-refractivity contribution < 1.29 is 9.13 Å². The maximum Gasteiger partial charge on any atom is 0.417 e. The largest absolute Gasteiger partial charge is 0.417 e. The van der Waals surface area contributed by atoms with Crippen molar-refractivity contribution in [2.24, 2.45) is 0 Å². The van der Waals surface area contributed by atoms with Crippen molar-refractivity contribution in [1.29, 1.82) is 0 Å². The van der Waals surface area contributed by atoms with Crippen LogP contribution in [0.2, 0.25) is 19.6 Å². The Morgan fingerprint density at radius 3 is 2.11 bits per heavy atom. The molecular weight excluding hydrogens is 440 g/mol. The molecule has 2 aliphatic rings. The van der Waals surface area contributed by atoms with Gasteiger partial charge in [0.15, 0.2) is 12.4 Å². The van der Waals surface area contributed by atoms with Crippen molar-refractivity contribution in [3.63, 3.8) is 0 Å². The van der Waals surface area contributed by atoms with E-state index in [2.05, 4.69) is 144 Å². The van der Waals surface area contributed by atoms with Crippen LogP contribution < -0.4 is 14.3 Å². The van der Waals surface area contributed by atoms with Crippen molar-refractivity contribution in [2.75, 3.05) is 0 Å². The summed E-state index contributed by atoms with van der Waals surface area (Å²) in [6.45, 7) is 7.30.